The first-order valence-electron chi connectivity index (χ1n) is 6.42. The minimum Gasteiger partial charge on any atom is -0.337 e. The van der Waals surface area contributed by atoms with Gasteiger partial charge in [-0.25, -0.2) is 4.98 Å². The van der Waals surface area contributed by atoms with E-state index in [0.717, 1.165) is 18.7 Å². The van der Waals surface area contributed by atoms with Crippen LogP contribution in [0.3, 0.4) is 0 Å². The van der Waals surface area contributed by atoms with Gasteiger partial charge < -0.3 is 9.84 Å². The van der Waals surface area contributed by atoms with Crippen molar-refractivity contribution in [3.05, 3.63) is 52.2 Å². The van der Waals surface area contributed by atoms with Crippen molar-refractivity contribution in [2.45, 2.75) is 19.0 Å². The molecule has 0 aliphatic carbocycles. The highest BCUT2D eigenvalue weighted by molar-refractivity contribution is 7.07. The predicted molar refractivity (Wildman–Crippen MR) is 75.1 cm³/mol. The quantitative estimate of drug-likeness (QED) is 0.783. The van der Waals surface area contributed by atoms with Crippen LogP contribution in [0.15, 0.2) is 39.7 Å². The molecule has 1 aliphatic rings. The first-order valence-corrected chi connectivity index (χ1v) is 7.37. The van der Waals surface area contributed by atoms with E-state index in [4.69, 9.17) is 4.52 Å². The number of fused-ring (bicyclic) bond motifs is 1. The number of hydrogen-bond acceptors (Lipinski definition) is 6. The zero-order chi connectivity index (χ0) is 13.4. The number of hydrogen-bond donors (Lipinski definition) is 1. The van der Waals surface area contributed by atoms with Crippen molar-refractivity contribution in [1.82, 2.24) is 20.4 Å². The van der Waals surface area contributed by atoms with Gasteiger partial charge in [0, 0.05) is 11.9 Å². The Hall–Kier alpha value is -2.05. The van der Waals surface area contributed by atoms with Gasteiger partial charge in [0.05, 0.1) is 11.6 Å². The number of aromatic nitrogens is 3. The van der Waals surface area contributed by atoms with Crippen molar-refractivity contribution in [3.63, 3.8) is 0 Å². The molecule has 6 heteroatoms. The summed E-state index contributed by atoms with van der Waals surface area (Å²) in [5.74, 6) is 1.18. The summed E-state index contributed by atoms with van der Waals surface area (Å²) in [5, 5.41) is 9.36. The van der Waals surface area contributed by atoms with E-state index in [1.54, 1.807) is 5.51 Å². The molecule has 1 N–H and O–H groups in total. The van der Waals surface area contributed by atoms with Gasteiger partial charge in [0.15, 0.2) is 0 Å². The second kappa shape index (κ2) is 4.81. The summed E-state index contributed by atoms with van der Waals surface area (Å²) in [4.78, 5) is 8.65. The lowest BCUT2D eigenvalue weighted by Crippen LogP contribution is -2.28. The Morgan fingerprint density at radius 2 is 2.15 bits per heavy atom. The van der Waals surface area contributed by atoms with Crippen molar-refractivity contribution in [1.29, 1.82) is 0 Å². The smallest absolute Gasteiger partial charge is 0.244 e. The van der Waals surface area contributed by atoms with Crippen LogP contribution in [0, 0.1) is 0 Å². The molecule has 0 amide bonds. The highest BCUT2D eigenvalue weighted by atomic mass is 32.1. The SMILES string of the molecule is c1ccc2c(c1)CN[C@@H](c1nc(-c3cscn3)no1)C2. The van der Waals surface area contributed by atoms with E-state index in [9.17, 15) is 0 Å². The predicted octanol–water partition coefficient (Wildman–Crippen LogP) is 2.58. The minimum absolute atomic E-state index is 0.0739. The second-order valence-corrected chi connectivity index (χ2v) is 5.45. The van der Waals surface area contributed by atoms with Crippen LogP contribution in [0.5, 0.6) is 0 Å². The summed E-state index contributed by atoms with van der Waals surface area (Å²) in [5.41, 5.74) is 5.20. The first kappa shape index (κ1) is 11.7. The molecule has 1 aliphatic heterocycles. The molecule has 4 rings (SSSR count). The number of nitrogens with zero attached hydrogens (tertiary/aromatic N) is 3. The largest absolute Gasteiger partial charge is 0.337 e. The van der Waals surface area contributed by atoms with Gasteiger partial charge in [-0.05, 0) is 17.5 Å². The Bertz CT molecular complexity index is 722. The third-order valence-corrected chi connectivity index (χ3v) is 4.07. The Kier molecular flexibility index (Phi) is 2.82. The Morgan fingerprint density at radius 1 is 1.25 bits per heavy atom. The van der Waals surface area contributed by atoms with Gasteiger partial charge in [-0.1, -0.05) is 29.4 Å². The molecule has 0 radical (unpaired) electrons. The Balaban J connectivity index is 1.60. The van der Waals surface area contributed by atoms with E-state index < -0.39 is 0 Å². The van der Waals surface area contributed by atoms with Crippen molar-refractivity contribution >= 4 is 11.3 Å². The third kappa shape index (κ3) is 2.03. The molecule has 0 saturated heterocycles. The zero-order valence-corrected chi connectivity index (χ0v) is 11.4. The summed E-state index contributed by atoms with van der Waals surface area (Å²) >= 11 is 1.52. The standard InChI is InChI=1S/C14H12N4OS/c1-2-4-10-6-15-11(5-9(10)3-1)14-17-13(18-19-14)12-7-20-8-16-12/h1-4,7-8,11,15H,5-6H2/t11-/m1/s1. The Morgan fingerprint density at radius 3 is 3.00 bits per heavy atom. The third-order valence-electron chi connectivity index (χ3n) is 3.48. The maximum atomic E-state index is 5.38. The van der Waals surface area contributed by atoms with Gasteiger partial charge >= 0.3 is 0 Å². The van der Waals surface area contributed by atoms with Crippen LogP contribution in [0.25, 0.3) is 11.5 Å². The van der Waals surface area contributed by atoms with Crippen molar-refractivity contribution in [3.8, 4) is 11.5 Å². The maximum Gasteiger partial charge on any atom is 0.244 e. The molecule has 0 spiro atoms. The molecule has 20 heavy (non-hydrogen) atoms. The van der Waals surface area contributed by atoms with Crippen LogP contribution >= 0.6 is 11.3 Å². The molecule has 0 fully saturated rings. The minimum atomic E-state index is 0.0739. The van der Waals surface area contributed by atoms with Crippen LogP contribution in [0.2, 0.25) is 0 Å². The Labute approximate surface area is 119 Å². The average Bonchev–Trinajstić information content (AvgIpc) is 3.17. The van der Waals surface area contributed by atoms with Crippen LogP contribution < -0.4 is 5.32 Å². The van der Waals surface area contributed by atoms with Crippen LogP contribution in [0.4, 0.5) is 0 Å². The molecule has 3 heterocycles. The van der Waals surface area contributed by atoms with E-state index >= 15 is 0 Å². The molecular weight excluding hydrogens is 272 g/mol. The molecule has 1 aromatic carbocycles. The number of rotatable bonds is 2. The van der Waals surface area contributed by atoms with Crippen molar-refractivity contribution in [2.75, 3.05) is 0 Å². The fourth-order valence-electron chi connectivity index (χ4n) is 2.43. The molecule has 2 aromatic heterocycles. The summed E-state index contributed by atoms with van der Waals surface area (Å²) < 4.78 is 5.38. The summed E-state index contributed by atoms with van der Waals surface area (Å²) in [7, 11) is 0. The molecule has 0 unspecified atom stereocenters. The first-order chi connectivity index (χ1) is 9.90. The van der Waals surface area contributed by atoms with E-state index in [1.165, 1.54) is 22.5 Å². The lowest BCUT2D eigenvalue weighted by atomic mass is 9.96. The van der Waals surface area contributed by atoms with Crippen molar-refractivity contribution < 1.29 is 4.52 Å². The van der Waals surface area contributed by atoms with Crippen LogP contribution in [-0.4, -0.2) is 15.1 Å². The van der Waals surface area contributed by atoms with Gasteiger partial charge in [-0.2, -0.15) is 4.98 Å². The number of thiazole rings is 1. The lowest BCUT2D eigenvalue weighted by molar-refractivity contribution is 0.321. The lowest BCUT2D eigenvalue weighted by Gasteiger charge is -2.23. The van der Waals surface area contributed by atoms with Gasteiger partial charge in [0.1, 0.15) is 5.69 Å². The van der Waals surface area contributed by atoms with E-state index in [1.807, 2.05) is 5.38 Å². The zero-order valence-electron chi connectivity index (χ0n) is 10.6. The summed E-state index contributed by atoms with van der Waals surface area (Å²) in [6, 6.07) is 8.50. The number of nitrogens with one attached hydrogen (secondary N) is 1. The molecule has 5 nitrogen and oxygen atoms in total. The highest BCUT2D eigenvalue weighted by Gasteiger charge is 2.24. The second-order valence-electron chi connectivity index (χ2n) is 4.74. The monoisotopic (exact) mass is 284 g/mol. The topological polar surface area (TPSA) is 63.8 Å². The van der Waals surface area contributed by atoms with E-state index in [2.05, 4.69) is 44.7 Å². The average molecular weight is 284 g/mol. The van der Waals surface area contributed by atoms with Gasteiger partial charge in [-0.3, -0.25) is 0 Å². The van der Waals surface area contributed by atoms with E-state index in [0.29, 0.717) is 11.7 Å². The fraction of sp³-hybridized carbons (Fsp3) is 0.214. The van der Waals surface area contributed by atoms with Gasteiger partial charge in [0.25, 0.3) is 0 Å². The molecule has 1 atom stereocenters. The molecule has 0 saturated carbocycles. The molecule has 0 bridgehead atoms. The van der Waals surface area contributed by atoms with E-state index in [-0.39, 0.29) is 6.04 Å². The van der Waals surface area contributed by atoms with Crippen LogP contribution in [-0.2, 0) is 13.0 Å². The van der Waals surface area contributed by atoms with Gasteiger partial charge in [-0.15, -0.1) is 11.3 Å². The summed E-state index contributed by atoms with van der Waals surface area (Å²) in [6.07, 6.45) is 0.870. The van der Waals surface area contributed by atoms with Crippen LogP contribution in [0.1, 0.15) is 23.1 Å². The van der Waals surface area contributed by atoms with Gasteiger partial charge in [0.2, 0.25) is 11.7 Å². The maximum absolute atomic E-state index is 5.38. The molecular formula is C14H12N4OS. The molecule has 100 valence electrons. The highest BCUT2D eigenvalue weighted by Crippen LogP contribution is 2.26. The normalized spacial score (nSPS) is 17.9. The van der Waals surface area contributed by atoms with Crippen molar-refractivity contribution in [2.24, 2.45) is 0 Å². The molecule has 3 aromatic rings. The summed E-state index contributed by atoms with van der Waals surface area (Å²) in [6.45, 7) is 0.829. The fourth-order valence-corrected chi connectivity index (χ4v) is 2.96. The number of benzene rings is 1.